The van der Waals surface area contributed by atoms with E-state index in [1.54, 1.807) is 18.2 Å². The second-order valence-electron chi connectivity index (χ2n) is 3.10. The van der Waals surface area contributed by atoms with Gasteiger partial charge in [0, 0.05) is 12.5 Å². The maximum absolute atomic E-state index is 10.8. The summed E-state index contributed by atoms with van der Waals surface area (Å²) in [7, 11) is 0. The SMILES string of the molecule is CC(=O)N/C(=C\c1ccccc1O)C(=O)O. The van der Waals surface area contributed by atoms with Crippen LogP contribution in [0.15, 0.2) is 30.0 Å². The summed E-state index contributed by atoms with van der Waals surface area (Å²) in [6.45, 7) is 1.21. The number of para-hydroxylation sites is 1. The van der Waals surface area contributed by atoms with E-state index < -0.39 is 11.9 Å². The third-order valence-corrected chi connectivity index (χ3v) is 1.78. The van der Waals surface area contributed by atoms with Gasteiger partial charge in [0.1, 0.15) is 11.4 Å². The van der Waals surface area contributed by atoms with Crippen molar-refractivity contribution in [3.05, 3.63) is 35.5 Å². The van der Waals surface area contributed by atoms with Gasteiger partial charge in [0.25, 0.3) is 0 Å². The van der Waals surface area contributed by atoms with Crippen LogP contribution in [0.25, 0.3) is 6.08 Å². The van der Waals surface area contributed by atoms with E-state index in [1.165, 1.54) is 19.1 Å². The number of benzene rings is 1. The van der Waals surface area contributed by atoms with E-state index in [0.717, 1.165) is 0 Å². The maximum atomic E-state index is 10.8. The molecule has 0 heterocycles. The Balaban J connectivity index is 3.07. The Labute approximate surface area is 92.0 Å². The van der Waals surface area contributed by atoms with Crippen molar-refractivity contribution in [3.63, 3.8) is 0 Å². The van der Waals surface area contributed by atoms with Crippen LogP contribution in [0.3, 0.4) is 0 Å². The first kappa shape index (κ1) is 11.8. The van der Waals surface area contributed by atoms with Crippen molar-refractivity contribution >= 4 is 18.0 Å². The number of aliphatic carboxylic acids is 1. The molecule has 1 rings (SSSR count). The van der Waals surface area contributed by atoms with Crippen LogP contribution in [0.2, 0.25) is 0 Å². The fourth-order valence-electron chi connectivity index (χ4n) is 1.11. The van der Waals surface area contributed by atoms with Crippen molar-refractivity contribution in [3.8, 4) is 5.75 Å². The highest BCUT2D eigenvalue weighted by molar-refractivity contribution is 5.96. The summed E-state index contributed by atoms with van der Waals surface area (Å²) < 4.78 is 0. The molecule has 1 amide bonds. The summed E-state index contributed by atoms with van der Waals surface area (Å²) in [4.78, 5) is 21.5. The summed E-state index contributed by atoms with van der Waals surface area (Å²) in [5.74, 6) is -1.80. The van der Waals surface area contributed by atoms with Crippen molar-refractivity contribution < 1.29 is 19.8 Å². The fraction of sp³-hybridized carbons (Fsp3) is 0.0909. The quantitative estimate of drug-likeness (QED) is 0.663. The number of carbonyl (C=O) groups excluding carboxylic acids is 1. The Morgan fingerprint density at radius 1 is 1.31 bits per heavy atom. The first-order valence-corrected chi connectivity index (χ1v) is 4.51. The lowest BCUT2D eigenvalue weighted by atomic mass is 10.1. The molecule has 0 fully saturated rings. The van der Waals surface area contributed by atoms with Crippen LogP contribution in [0.4, 0.5) is 0 Å². The zero-order valence-electron chi connectivity index (χ0n) is 8.60. The van der Waals surface area contributed by atoms with Gasteiger partial charge in [-0.25, -0.2) is 4.79 Å². The second kappa shape index (κ2) is 4.97. The average molecular weight is 221 g/mol. The van der Waals surface area contributed by atoms with Crippen molar-refractivity contribution in [2.24, 2.45) is 0 Å². The molecule has 84 valence electrons. The molecule has 3 N–H and O–H groups in total. The lowest BCUT2D eigenvalue weighted by Gasteiger charge is -2.03. The number of hydrogen-bond donors (Lipinski definition) is 3. The molecule has 0 spiro atoms. The van der Waals surface area contributed by atoms with E-state index in [1.807, 2.05) is 0 Å². The van der Waals surface area contributed by atoms with Gasteiger partial charge in [-0.2, -0.15) is 0 Å². The van der Waals surface area contributed by atoms with Gasteiger partial charge in [0.15, 0.2) is 0 Å². The molecule has 0 atom stereocenters. The molecule has 0 unspecified atom stereocenters. The number of phenols is 1. The Morgan fingerprint density at radius 2 is 1.94 bits per heavy atom. The normalized spacial score (nSPS) is 10.9. The molecule has 0 bridgehead atoms. The first-order chi connectivity index (χ1) is 7.50. The van der Waals surface area contributed by atoms with Crippen LogP contribution in [-0.4, -0.2) is 22.1 Å². The summed E-state index contributed by atoms with van der Waals surface area (Å²) in [6.07, 6.45) is 1.19. The maximum Gasteiger partial charge on any atom is 0.352 e. The summed E-state index contributed by atoms with van der Waals surface area (Å²) in [6, 6.07) is 6.24. The van der Waals surface area contributed by atoms with Crippen LogP contribution in [-0.2, 0) is 9.59 Å². The molecule has 16 heavy (non-hydrogen) atoms. The molecule has 0 saturated heterocycles. The number of phenolic OH excluding ortho intramolecular Hbond substituents is 1. The Morgan fingerprint density at radius 3 is 2.44 bits per heavy atom. The van der Waals surface area contributed by atoms with Crippen molar-refractivity contribution in [2.75, 3.05) is 0 Å². The number of nitrogens with one attached hydrogen (secondary N) is 1. The van der Waals surface area contributed by atoms with E-state index in [9.17, 15) is 14.7 Å². The lowest BCUT2D eigenvalue weighted by molar-refractivity contribution is -0.134. The van der Waals surface area contributed by atoms with E-state index in [2.05, 4.69) is 5.32 Å². The molecule has 0 aliphatic rings. The van der Waals surface area contributed by atoms with E-state index in [-0.39, 0.29) is 11.4 Å². The number of hydrogen-bond acceptors (Lipinski definition) is 3. The smallest absolute Gasteiger partial charge is 0.352 e. The Bertz CT molecular complexity index is 451. The largest absolute Gasteiger partial charge is 0.507 e. The molecular formula is C11H11NO4. The standard InChI is InChI=1S/C11H11NO4/c1-7(13)12-9(11(15)16)6-8-4-2-3-5-10(8)14/h2-6,14H,1H3,(H,12,13)(H,15,16)/b9-6-. The van der Waals surface area contributed by atoms with Gasteiger partial charge in [0.2, 0.25) is 5.91 Å². The summed E-state index contributed by atoms with van der Waals surface area (Å²) in [5, 5.41) is 20.4. The minimum absolute atomic E-state index is 0.0494. The highest BCUT2D eigenvalue weighted by Crippen LogP contribution is 2.18. The van der Waals surface area contributed by atoms with Gasteiger partial charge in [-0.05, 0) is 12.1 Å². The number of aromatic hydroxyl groups is 1. The number of carboxylic acid groups (broad SMARTS) is 1. The van der Waals surface area contributed by atoms with Gasteiger partial charge in [-0.15, -0.1) is 0 Å². The molecule has 5 nitrogen and oxygen atoms in total. The van der Waals surface area contributed by atoms with Crippen molar-refractivity contribution in [1.82, 2.24) is 5.32 Å². The lowest BCUT2D eigenvalue weighted by Crippen LogP contribution is -2.24. The molecule has 0 radical (unpaired) electrons. The molecule has 1 aromatic rings. The topological polar surface area (TPSA) is 86.6 Å². The second-order valence-corrected chi connectivity index (χ2v) is 3.10. The van der Waals surface area contributed by atoms with Crippen LogP contribution in [0.5, 0.6) is 5.75 Å². The van der Waals surface area contributed by atoms with Crippen LogP contribution in [0, 0.1) is 0 Å². The Hall–Kier alpha value is -2.30. The predicted molar refractivity (Wildman–Crippen MR) is 57.5 cm³/mol. The molecule has 0 saturated carbocycles. The van der Waals surface area contributed by atoms with Gasteiger partial charge in [0.05, 0.1) is 0 Å². The molecule has 0 aromatic heterocycles. The molecule has 5 heteroatoms. The zero-order valence-corrected chi connectivity index (χ0v) is 8.60. The van der Waals surface area contributed by atoms with Crippen molar-refractivity contribution in [1.29, 1.82) is 0 Å². The van der Waals surface area contributed by atoms with Gasteiger partial charge in [-0.3, -0.25) is 4.79 Å². The summed E-state index contributed by atoms with van der Waals surface area (Å²) >= 11 is 0. The predicted octanol–water partition coefficient (Wildman–Crippen LogP) is 0.954. The summed E-state index contributed by atoms with van der Waals surface area (Å²) in [5.41, 5.74) is 0.0441. The van der Waals surface area contributed by atoms with E-state index in [0.29, 0.717) is 5.56 Å². The van der Waals surface area contributed by atoms with Crippen LogP contribution >= 0.6 is 0 Å². The molecule has 1 aromatic carbocycles. The monoisotopic (exact) mass is 221 g/mol. The molecular weight excluding hydrogens is 210 g/mol. The van der Waals surface area contributed by atoms with Gasteiger partial charge >= 0.3 is 5.97 Å². The Kier molecular flexibility index (Phi) is 3.66. The number of rotatable bonds is 3. The third kappa shape index (κ3) is 3.13. The number of amides is 1. The number of carboxylic acids is 1. The van der Waals surface area contributed by atoms with Crippen LogP contribution in [0.1, 0.15) is 12.5 Å². The molecule has 0 aliphatic heterocycles. The highest BCUT2D eigenvalue weighted by atomic mass is 16.4. The minimum atomic E-state index is -1.27. The number of carbonyl (C=O) groups is 2. The average Bonchev–Trinajstić information content (AvgIpc) is 2.19. The van der Waals surface area contributed by atoms with Gasteiger partial charge in [-0.1, -0.05) is 18.2 Å². The fourth-order valence-corrected chi connectivity index (χ4v) is 1.11. The molecule has 0 aliphatic carbocycles. The minimum Gasteiger partial charge on any atom is -0.507 e. The first-order valence-electron chi connectivity index (χ1n) is 4.51. The van der Waals surface area contributed by atoms with E-state index in [4.69, 9.17) is 5.11 Å². The third-order valence-electron chi connectivity index (χ3n) is 1.78. The zero-order chi connectivity index (χ0) is 12.1. The van der Waals surface area contributed by atoms with Gasteiger partial charge < -0.3 is 15.5 Å². The van der Waals surface area contributed by atoms with Crippen molar-refractivity contribution in [2.45, 2.75) is 6.92 Å². The highest BCUT2D eigenvalue weighted by Gasteiger charge is 2.09. The van der Waals surface area contributed by atoms with E-state index >= 15 is 0 Å². The van der Waals surface area contributed by atoms with Crippen LogP contribution < -0.4 is 5.32 Å².